The molecule has 47 heavy (non-hydrogen) atoms. The SMILES string of the molecule is CC(C)(CC(O)COCC(F)(F)C(F)(F)C(F)(F)C(F)(F)C(F)(F)C(F)(F)F)C(F)(F)C(F)(F)C(F)(F)C(F)(F)C(F)(F)C(F)(F)F. The van der Waals surface area contributed by atoms with Crippen molar-refractivity contribution in [1.29, 1.82) is 0 Å². The van der Waals surface area contributed by atoms with Crippen LogP contribution in [-0.2, 0) is 4.74 Å². The zero-order valence-electron chi connectivity index (χ0n) is 21.9. The van der Waals surface area contributed by atoms with Gasteiger partial charge in [0.25, 0.3) is 0 Å². The molecule has 0 saturated carbocycles. The second-order valence-electron chi connectivity index (χ2n) is 10.1. The predicted molar refractivity (Wildman–Crippen MR) is 96.8 cm³/mol. The summed E-state index contributed by atoms with van der Waals surface area (Å²) < 4.78 is 346. The highest BCUT2D eigenvalue weighted by molar-refractivity contribution is 5.13. The van der Waals surface area contributed by atoms with Crippen molar-refractivity contribution >= 4 is 0 Å². The third-order valence-electron chi connectivity index (χ3n) is 6.12. The first-order valence-electron chi connectivity index (χ1n) is 11.0. The van der Waals surface area contributed by atoms with Crippen molar-refractivity contribution in [2.45, 2.75) is 98.0 Å². The Kier molecular flexibility index (Phi) is 11.4. The van der Waals surface area contributed by atoms with Gasteiger partial charge in [-0.2, -0.15) is 114 Å². The second-order valence-corrected chi connectivity index (χ2v) is 10.1. The molecule has 0 aliphatic rings. The van der Waals surface area contributed by atoms with Crippen LogP contribution in [0.15, 0.2) is 0 Å². The maximum absolute atomic E-state index is 14.4. The standard InChI is InChI=1S/C19H14F26O2/c1-7(2,9(22,23)11(26,27)13(30,31)15(34,35)17(38,39)19(43,44)45)3-6(46)4-47-5-8(20,21)10(24,25)12(28,29)14(32,33)16(36,37)18(40,41)42/h6,46H,3-5H2,1-2H3. The van der Waals surface area contributed by atoms with E-state index in [1.54, 1.807) is 0 Å². The van der Waals surface area contributed by atoms with E-state index in [9.17, 15) is 119 Å². The number of rotatable bonds is 15. The highest BCUT2D eigenvalue weighted by Crippen LogP contribution is 2.64. The molecule has 0 saturated heterocycles. The van der Waals surface area contributed by atoms with Crippen LogP contribution in [0.1, 0.15) is 20.3 Å². The molecule has 0 radical (unpaired) electrons. The van der Waals surface area contributed by atoms with Crippen molar-refractivity contribution in [3.8, 4) is 0 Å². The summed E-state index contributed by atoms with van der Waals surface area (Å²) in [7, 11) is 0. The Labute approximate surface area is 242 Å². The number of alkyl halides is 26. The molecule has 0 aliphatic heterocycles. The number of hydrogen-bond acceptors (Lipinski definition) is 2. The molecule has 1 unspecified atom stereocenters. The van der Waals surface area contributed by atoms with Crippen molar-refractivity contribution in [3.05, 3.63) is 0 Å². The van der Waals surface area contributed by atoms with Crippen LogP contribution in [0.3, 0.4) is 0 Å². The second kappa shape index (κ2) is 11.9. The molecule has 2 nitrogen and oxygen atoms in total. The molecule has 0 aromatic carbocycles. The number of ether oxygens (including phenoxy) is 1. The summed E-state index contributed by atoms with van der Waals surface area (Å²) in [5.41, 5.74) is -4.29. The van der Waals surface area contributed by atoms with E-state index in [1.165, 1.54) is 0 Å². The molecule has 0 aromatic rings. The van der Waals surface area contributed by atoms with Gasteiger partial charge < -0.3 is 9.84 Å². The molecule has 0 bridgehead atoms. The molecule has 0 heterocycles. The van der Waals surface area contributed by atoms with Crippen LogP contribution in [0.25, 0.3) is 0 Å². The van der Waals surface area contributed by atoms with Crippen LogP contribution in [0.5, 0.6) is 0 Å². The van der Waals surface area contributed by atoms with Crippen molar-refractivity contribution in [3.63, 3.8) is 0 Å². The van der Waals surface area contributed by atoms with Gasteiger partial charge in [0, 0.05) is 5.41 Å². The molecule has 0 aromatic heterocycles. The van der Waals surface area contributed by atoms with Crippen molar-refractivity contribution in [2.75, 3.05) is 13.2 Å². The first-order valence-corrected chi connectivity index (χ1v) is 11.0. The van der Waals surface area contributed by atoms with Gasteiger partial charge in [-0.3, -0.25) is 0 Å². The molecule has 0 rings (SSSR count). The zero-order valence-corrected chi connectivity index (χ0v) is 21.9. The molecule has 1 N–H and O–H groups in total. The lowest BCUT2D eigenvalue weighted by Crippen LogP contribution is -2.72. The zero-order chi connectivity index (χ0) is 38.9. The van der Waals surface area contributed by atoms with Crippen LogP contribution >= 0.6 is 0 Å². The Hall–Kier alpha value is -1.90. The fourth-order valence-electron chi connectivity index (χ4n) is 3.19. The van der Waals surface area contributed by atoms with E-state index in [1.807, 2.05) is 0 Å². The van der Waals surface area contributed by atoms with E-state index in [4.69, 9.17) is 0 Å². The van der Waals surface area contributed by atoms with Crippen molar-refractivity contribution in [2.24, 2.45) is 5.41 Å². The molecule has 0 fully saturated rings. The van der Waals surface area contributed by atoms with Gasteiger partial charge in [-0.1, -0.05) is 13.8 Å². The largest absolute Gasteiger partial charge is 0.460 e. The summed E-state index contributed by atoms with van der Waals surface area (Å²) in [6.07, 6.45) is -21.3. The van der Waals surface area contributed by atoms with Gasteiger partial charge in [-0.05, 0) is 6.42 Å². The number of halogens is 26. The van der Waals surface area contributed by atoms with E-state index < -0.39 is 117 Å². The normalized spacial score (nSPS) is 17.3. The number of aliphatic hydroxyl groups excluding tert-OH is 1. The molecular formula is C19H14F26O2. The quantitative estimate of drug-likeness (QED) is 0.169. The minimum Gasteiger partial charge on any atom is -0.391 e. The Balaban J connectivity index is 6.15. The Bertz CT molecular complexity index is 1080. The van der Waals surface area contributed by atoms with E-state index in [0.29, 0.717) is 0 Å². The minimum absolute atomic E-state index is 0.466. The van der Waals surface area contributed by atoms with E-state index in [0.717, 1.165) is 0 Å². The fourth-order valence-corrected chi connectivity index (χ4v) is 3.19. The lowest BCUT2D eigenvalue weighted by molar-refractivity contribution is -0.447. The fraction of sp³-hybridized carbons (Fsp3) is 1.00. The molecule has 284 valence electrons. The van der Waals surface area contributed by atoms with Crippen LogP contribution in [-0.4, -0.2) is 96.0 Å². The van der Waals surface area contributed by atoms with Gasteiger partial charge >= 0.3 is 71.6 Å². The number of aliphatic hydroxyl groups is 1. The topological polar surface area (TPSA) is 29.5 Å². The maximum atomic E-state index is 14.4. The smallest absolute Gasteiger partial charge is 0.391 e. The highest BCUT2D eigenvalue weighted by atomic mass is 19.4. The van der Waals surface area contributed by atoms with Gasteiger partial charge in [0.15, 0.2) is 0 Å². The van der Waals surface area contributed by atoms with Gasteiger partial charge in [0.2, 0.25) is 0 Å². The van der Waals surface area contributed by atoms with Crippen molar-refractivity contribution in [1.82, 2.24) is 0 Å². The first kappa shape index (κ1) is 45.1. The highest BCUT2D eigenvalue weighted by Gasteiger charge is 2.92. The van der Waals surface area contributed by atoms with Crippen molar-refractivity contribution < 1.29 is 124 Å². The van der Waals surface area contributed by atoms with Crippen LogP contribution in [0.4, 0.5) is 114 Å². The van der Waals surface area contributed by atoms with Gasteiger partial charge in [0.1, 0.15) is 6.61 Å². The predicted octanol–water partition coefficient (Wildman–Crippen LogP) is 9.26. The summed E-state index contributed by atoms with van der Waals surface area (Å²) in [4.78, 5) is 0. The maximum Gasteiger partial charge on any atom is 0.460 e. The van der Waals surface area contributed by atoms with E-state index in [2.05, 4.69) is 4.74 Å². The Morgan fingerprint density at radius 3 is 0.957 bits per heavy atom. The molecule has 0 aliphatic carbocycles. The lowest BCUT2D eigenvalue weighted by Gasteiger charge is -2.45. The summed E-state index contributed by atoms with van der Waals surface area (Å²) in [5.74, 6) is -79.5. The van der Waals surface area contributed by atoms with Gasteiger partial charge in [0.05, 0.1) is 12.7 Å². The van der Waals surface area contributed by atoms with Gasteiger partial charge in [-0.15, -0.1) is 0 Å². The molecule has 0 amide bonds. The summed E-state index contributed by atoms with van der Waals surface area (Å²) in [6.45, 7) is -6.88. The van der Waals surface area contributed by atoms with Crippen LogP contribution in [0.2, 0.25) is 0 Å². The average molecular weight is 768 g/mol. The lowest BCUT2D eigenvalue weighted by atomic mass is 9.75. The van der Waals surface area contributed by atoms with Gasteiger partial charge in [-0.25, -0.2) is 0 Å². The minimum atomic E-state index is -8.36. The first-order chi connectivity index (χ1) is 19.9. The van der Waals surface area contributed by atoms with E-state index >= 15 is 0 Å². The Morgan fingerprint density at radius 2 is 0.660 bits per heavy atom. The monoisotopic (exact) mass is 768 g/mol. The third kappa shape index (κ3) is 6.57. The third-order valence-corrected chi connectivity index (χ3v) is 6.12. The van der Waals surface area contributed by atoms with E-state index in [-0.39, 0.29) is 0 Å². The van der Waals surface area contributed by atoms with Crippen LogP contribution in [0, 0.1) is 5.41 Å². The summed E-state index contributed by atoms with van der Waals surface area (Å²) in [5, 5.41) is 9.47. The number of hydrogen-bond donors (Lipinski definition) is 1. The average Bonchev–Trinajstić information content (AvgIpc) is 2.80. The summed E-state index contributed by atoms with van der Waals surface area (Å²) >= 11 is 0. The summed E-state index contributed by atoms with van der Waals surface area (Å²) in [6, 6.07) is 0. The molecular weight excluding hydrogens is 754 g/mol. The molecule has 28 heteroatoms. The Morgan fingerprint density at radius 1 is 0.404 bits per heavy atom. The molecule has 0 spiro atoms. The van der Waals surface area contributed by atoms with Crippen LogP contribution < -0.4 is 0 Å². The molecule has 1 atom stereocenters.